The third kappa shape index (κ3) is 1.09. The third-order valence-corrected chi connectivity index (χ3v) is 2.11. The Morgan fingerprint density at radius 2 is 1.77 bits per heavy atom. The number of rotatable bonds is 0. The largest absolute Gasteiger partial charge is 0.301 e. The molecule has 3 nitrogen and oxygen atoms in total. The maximum absolute atomic E-state index is 11.3. The molecule has 1 aromatic carbocycles. The molecule has 0 bridgehead atoms. The van der Waals surface area contributed by atoms with Crippen LogP contribution in [0.1, 0.15) is 15.9 Å². The minimum absolute atomic E-state index is 0.108. The van der Waals surface area contributed by atoms with Crippen LogP contribution in [0.5, 0.6) is 0 Å². The van der Waals surface area contributed by atoms with Crippen molar-refractivity contribution in [3.05, 3.63) is 35.4 Å². The molecule has 1 aliphatic carbocycles. The van der Waals surface area contributed by atoms with Gasteiger partial charge in [0.2, 0.25) is 11.6 Å². The number of carbonyl (C=O) groups is 2. The molecule has 3 heteroatoms. The number of hydrogen-bond donors (Lipinski definition) is 1. The second-order valence-corrected chi connectivity index (χ2v) is 2.97. The molecule has 0 heterocycles. The Bertz CT molecular complexity index is 421. The summed E-state index contributed by atoms with van der Waals surface area (Å²) >= 11 is 0. The van der Waals surface area contributed by atoms with Crippen molar-refractivity contribution >= 4 is 17.3 Å². The van der Waals surface area contributed by atoms with Gasteiger partial charge in [-0.3, -0.25) is 9.59 Å². The van der Waals surface area contributed by atoms with Crippen LogP contribution in [0, 0.1) is 5.41 Å². The van der Waals surface area contributed by atoms with E-state index in [1.807, 2.05) is 0 Å². The molecule has 1 N–H and O–H groups in total. The van der Waals surface area contributed by atoms with Gasteiger partial charge in [0, 0.05) is 12.0 Å². The van der Waals surface area contributed by atoms with E-state index in [1.54, 1.807) is 24.3 Å². The van der Waals surface area contributed by atoms with Crippen molar-refractivity contribution in [2.24, 2.45) is 0 Å². The second-order valence-electron chi connectivity index (χ2n) is 2.97. The first-order chi connectivity index (χ1) is 6.20. The number of ketones is 2. The van der Waals surface area contributed by atoms with Crippen LogP contribution in [0.25, 0.3) is 0 Å². The Hall–Kier alpha value is -1.77. The third-order valence-electron chi connectivity index (χ3n) is 2.11. The Morgan fingerprint density at radius 1 is 1.08 bits per heavy atom. The van der Waals surface area contributed by atoms with Crippen LogP contribution in [-0.2, 0) is 11.2 Å². The number of benzene rings is 1. The van der Waals surface area contributed by atoms with Gasteiger partial charge >= 0.3 is 0 Å². The van der Waals surface area contributed by atoms with Crippen LogP contribution in [-0.4, -0.2) is 17.3 Å². The van der Waals surface area contributed by atoms with Crippen LogP contribution in [0.3, 0.4) is 0 Å². The van der Waals surface area contributed by atoms with Gasteiger partial charge in [-0.15, -0.1) is 0 Å². The van der Waals surface area contributed by atoms with Crippen molar-refractivity contribution in [3.8, 4) is 0 Å². The Kier molecular flexibility index (Phi) is 1.59. The molecule has 0 aromatic heterocycles. The predicted octanol–water partition coefficient (Wildman–Crippen LogP) is 1.01. The van der Waals surface area contributed by atoms with E-state index in [2.05, 4.69) is 0 Å². The van der Waals surface area contributed by atoms with Crippen molar-refractivity contribution < 1.29 is 9.59 Å². The van der Waals surface area contributed by atoms with Crippen molar-refractivity contribution in [1.82, 2.24) is 0 Å². The van der Waals surface area contributed by atoms with Crippen LogP contribution < -0.4 is 0 Å². The summed E-state index contributed by atoms with van der Waals surface area (Å²) in [5.74, 6) is -1.22. The van der Waals surface area contributed by atoms with E-state index >= 15 is 0 Å². The standard InChI is InChI=1S/C10H7NO2/c11-8-5-6-3-1-2-4-7(6)9(12)10(8)13/h1-4,11H,5H2. The fraction of sp³-hybridized carbons (Fsp3) is 0.100. The van der Waals surface area contributed by atoms with Gasteiger partial charge in [-0.25, -0.2) is 0 Å². The fourth-order valence-corrected chi connectivity index (χ4v) is 1.43. The second kappa shape index (κ2) is 2.62. The summed E-state index contributed by atoms with van der Waals surface area (Å²) in [7, 11) is 0. The van der Waals surface area contributed by atoms with Gasteiger partial charge in [-0.2, -0.15) is 0 Å². The van der Waals surface area contributed by atoms with Gasteiger partial charge < -0.3 is 5.41 Å². The van der Waals surface area contributed by atoms with Gasteiger partial charge in [-0.1, -0.05) is 24.3 Å². The summed E-state index contributed by atoms with van der Waals surface area (Å²) in [6.07, 6.45) is 0.279. The number of nitrogens with one attached hydrogen (secondary N) is 1. The molecule has 0 saturated carbocycles. The normalized spacial score (nSPS) is 15.8. The highest BCUT2D eigenvalue weighted by Gasteiger charge is 2.28. The van der Waals surface area contributed by atoms with Crippen molar-refractivity contribution in [1.29, 1.82) is 5.41 Å². The lowest BCUT2D eigenvalue weighted by atomic mass is 9.88. The van der Waals surface area contributed by atoms with Gasteiger partial charge in [0.15, 0.2) is 0 Å². The SMILES string of the molecule is N=C1Cc2ccccc2C(=O)C1=O. The summed E-state index contributed by atoms with van der Waals surface area (Å²) in [4.78, 5) is 22.5. The molecule has 64 valence electrons. The summed E-state index contributed by atoms with van der Waals surface area (Å²) in [6, 6.07) is 6.92. The lowest BCUT2D eigenvalue weighted by Gasteiger charge is -2.13. The maximum atomic E-state index is 11.3. The molecule has 0 saturated heterocycles. The van der Waals surface area contributed by atoms with E-state index in [0.29, 0.717) is 5.56 Å². The first-order valence-electron chi connectivity index (χ1n) is 3.94. The van der Waals surface area contributed by atoms with Crippen molar-refractivity contribution in [2.75, 3.05) is 0 Å². The smallest absolute Gasteiger partial charge is 0.247 e. The molecule has 2 rings (SSSR count). The molecule has 13 heavy (non-hydrogen) atoms. The average Bonchev–Trinajstić information content (AvgIpc) is 2.15. The van der Waals surface area contributed by atoms with E-state index in [4.69, 9.17) is 5.41 Å². The zero-order valence-electron chi connectivity index (χ0n) is 6.83. The van der Waals surface area contributed by atoms with Gasteiger partial charge in [0.05, 0.1) is 5.71 Å². The number of Topliss-reactive ketones (excluding diaryl/α,β-unsaturated/α-hetero) is 2. The fourth-order valence-electron chi connectivity index (χ4n) is 1.43. The molecule has 1 aliphatic rings. The first kappa shape index (κ1) is 7.86. The van der Waals surface area contributed by atoms with E-state index in [0.717, 1.165) is 5.56 Å². The number of hydrogen-bond acceptors (Lipinski definition) is 3. The molecule has 0 aliphatic heterocycles. The topological polar surface area (TPSA) is 58.0 Å². The van der Waals surface area contributed by atoms with Gasteiger partial charge in [0.25, 0.3) is 0 Å². The number of carbonyl (C=O) groups excluding carboxylic acids is 2. The highest BCUT2D eigenvalue weighted by atomic mass is 16.2. The monoisotopic (exact) mass is 173 g/mol. The average molecular weight is 173 g/mol. The molecular weight excluding hydrogens is 166 g/mol. The van der Waals surface area contributed by atoms with Crippen LogP contribution in [0.15, 0.2) is 24.3 Å². The first-order valence-corrected chi connectivity index (χ1v) is 3.94. The van der Waals surface area contributed by atoms with E-state index in [1.165, 1.54) is 0 Å². The predicted molar refractivity (Wildman–Crippen MR) is 47.2 cm³/mol. The molecule has 0 fully saturated rings. The zero-order chi connectivity index (χ0) is 9.42. The molecular formula is C10H7NO2. The summed E-state index contributed by atoms with van der Waals surface area (Å²) in [5, 5.41) is 7.29. The quantitative estimate of drug-likeness (QED) is 0.595. The van der Waals surface area contributed by atoms with Gasteiger partial charge in [-0.05, 0) is 5.56 Å². The molecule has 0 radical (unpaired) electrons. The minimum Gasteiger partial charge on any atom is -0.301 e. The van der Waals surface area contributed by atoms with Crippen molar-refractivity contribution in [3.63, 3.8) is 0 Å². The lowest BCUT2D eigenvalue weighted by Crippen LogP contribution is -2.31. The van der Waals surface area contributed by atoms with Crippen molar-refractivity contribution in [2.45, 2.75) is 6.42 Å². The minimum atomic E-state index is -0.668. The van der Waals surface area contributed by atoms with E-state index in [-0.39, 0.29) is 12.1 Å². The highest BCUT2D eigenvalue weighted by Crippen LogP contribution is 2.16. The molecule has 0 unspecified atom stereocenters. The molecule has 0 amide bonds. The Morgan fingerprint density at radius 3 is 2.54 bits per heavy atom. The van der Waals surface area contributed by atoms with Gasteiger partial charge in [0.1, 0.15) is 0 Å². The summed E-state index contributed by atoms with van der Waals surface area (Å²) in [5.41, 5.74) is 1.12. The summed E-state index contributed by atoms with van der Waals surface area (Å²) in [6.45, 7) is 0. The van der Waals surface area contributed by atoms with E-state index in [9.17, 15) is 9.59 Å². The van der Waals surface area contributed by atoms with E-state index < -0.39 is 11.6 Å². The highest BCUT2D eigenvalue weighted by molar-refractivity contribution is 6.69. The molecule has 1 aromatic rings. The van der Waals surface area contributed by atoms with Crippen LogP contribution in [0.2, 0.25) is 0 Å². The maximum Gasteiger partial charge on any atom is 0.247 e. The Balaban J connectivity index is 2.62. The Labute approximate surface area is 74.9 Å². The number of fused-ring (bicyclic) bond motifs is 1. The lowest BCUT2D eigenvalue weighted by molar-refractivity contribution is -0.109. The zero-order valence-corrected chi connectivity index (χ0v) is 6.83. The summed E-state index contributed by atoms with van der Waals surface area (Å²) < 4.78 is 0. The molecule has 0 spiro atoms. The molecule has 0 atom stereocenters. The van der Waals surface area contributed by atoms with Crippen LogP contribution >= 0.6 is 0 Å². The van der Waals surface area contributed by atoms with Crippen LogP contribution in [0.4, 0.5) is 0 Å².